The zero-order valence-corrected chi connectivity index (χ0v) is 9.15. The molecule has 1 aromatic heterocycles. The summed E-state index contributed by atoms with van der Waals surface area (Å²) in [6.07, 6.45) is 0. The molecular weight excluding hydrogens is 271 g/mol. The van der Waals surface area contributed by atoms with Gasteiger partial charge >= 0.3 is 5.97 Å². The largest absolute Gasteiger partial charge is 0.478 e. The molecule has 0 amide bonds. The molecule has 0 radical (unpaired) electrons. The number of benzene rings is 1. The molecule has 5 heteroatoms. The number of carbonyl (C=O) groups is 1. The standard InChI is InChI=1S/C9H4BrFO2S/c10-6-2-8-5(7(11)3-14-8)1-4(6)9(12)13/h1-3H,(H,12,13). The topological polar surface area (TPSA) is 37.3 Å². The number of carboxylic acids is 1. The minimum atomic E-state index is -1.07. The molecule has 2 nitrogen and oxygen atoms in total. The molecule has 0 saturated heterocycles. The van der Waals surface area contributed by atoms with Gasteiger partial charge in [0.05, 0.1) is 5.56 Å². The molecule has 14 heavy (non-hydrogen) atoms. The Labute approximate surface area is 91.1 Å². The molecule has 0 aliphatic heterocycles. The smallest absolute Gasteiger partial charge is 0.336 e. The van der Waals surface area contributed by atoms with Crippen molar-refractivity contribution >= 4 is 43.3 Å². The highest BCUT2D eigenvalue weighted by molar-refractivity contribution is 9.10. The highest BCUT2D eigenvalue weighted by Crippen LogP contribution is 2.30. The number of hydrogen-bond acceptors (Lipinski definition) is 2. The third-order valence-electron chi connectivity index (χ3n) is 1.85. The van der Waals surface area contributed by atoms with Crippen molar-refractivity contribution in [3.05, 3.63) is 33.4 Å². The zero-order chi connectivity index (χ0) is 10.3. The Morgan fingerprint density at radius 3 is 2.86 bits per heavy atom. The van der Waals surface area contributed by atoms with Gasteiger partial charge in [-0.1, -0.05) is 0 Å². The van der Waals surface area contributed by atoms with Crippen LogP contribution in [-0.2, 0) is 0 Å². The lowest BCUT2D eigenvalue weighted by Gasteiger charge is -1.98. The predicted octanol–water partition coefficient (Wildman–Crippen LogP) is 3.50. The maximum atomic E-state index is 13.1. The Balaban J connectivity index is 2.80. The first-order valence-corrected chi connectivity index (χ1v) is 5.36. The van der Waals surface area contributed by atoms with Crippen LogP contribution in [0.1, 0.15) is 10.4 Å². The Morgan fingerprint density at radius 2 is 2.21 bits per heavy atom. The minimum absolute atomic E-state index is 0.0785. The van der Waals surface area contributed by atoms with E-state index in [4.69, 9.17) is 5.11 Å². The molecule has 0 atom stereocenters. The second-order valence-corrected chi connectivity index (χ2v) is 4.48. The van der Waals surface area contributed by atoms with E-state index in [1.807, 2.05) is 0 Å². The lowest BCUT2D eigenvalue weighted by Crippen LogP contribution is -1.97. The van der Waals surface area contributed by atoms with E-state index >= 15 is 0 Å². The van der Waals surface area contributed by atoms with Crippen molar-refractivity contribution in [2.45, 2.75) is 0 Å². The van der Waals surface area contributed by atoms with Gasteiger partial charge in [0.25, 0.3) is 0 Å². The molecule has 0 bridgehead atoms. The van der Waals surface area contributed by atoms with Gasteiger partial charge in [0, 0.05) is 19.9 Å². The number of rotatable bonds is 1. The molecule has 1 aromatic carbocycles. The SMILES string of the molecule is O=C(O)c1cc2c(F)csc2cc1Br. The van der Waals surface area contributed by atoms with Crippen molar-refractivity contribution in [1.82, 2.24) is 0 Å². The monoisotopic (exact) mass is 274 g/mol. The highest BCUT2D eigenvalue weighted by atomic mass is 79.9. The Hall–Kier alpha value is -0.940. The van der Waals surface area contributed by atoms with Gasteiger partial charge in [0.1, 0.15) is 5.82 Å². The molecule has 1 N–H and O–H groups in total. The third-order valence-corrected chi connectivity index (χ3v) is 3.42. The maximum absolute atomic E-state index is 13.1. The number of aromatic carboxylic acids is 1. The van der Waals surface area contributed by atoms with Gasteiger partial charge in [-0.25, -0.2) is 9.18 Å². The second kappa shape index (κ2) is 3.33. The summed E-state index contributed by atoms with van der Waals surface area (Å²) in [5, 5.41) is 10.5. The van der Waals surface area contributed by atoms with Crippen LogP contribution in [0.15, 0.2) is 22.0 Å². The Kier molecular flexibility index (Phi) is 2.28. The summed E-state index contributed by atoms with van der Waals surface area (Å²) in [7, 11) is 0. The van der Waals surface area contributed by atoms with Crippen LogP contribution in [0.2, 0.25) is 0 Å². The van der Waals surface area contributed by atoms with Crippen LogP contribution in [0.3, 0.4) is 0 Å². The van der Waals surface area contributed by atoms with E-state index in [1.54, 1.807) is 6.07 Å². The maximum Gasteiger partial charge on any atom is 0.336 e. The van der Waals surface area contributed by atoms with E-state index in [1.165, 1.54) is 22.8 Å². The van der Waals surface area contributed by atoms with E-state index in [-0.39, 0.29) is 11.4 Å². The van der Waals surface area contributed by atoms with Crippen molar-refractivity contribution in [2.24, 2.45) is 0 Å². The van der Waals surface area contributed by atoms with Crippen LogP contribution in [0.4, 0.5) is 4.39 Å². The van der Waals surface area contributed by atoms with Crippen LogP contribution in [-0.4, -0.2) is 11.1 Å². The Morgan fingerprint density at radius 1 is 1.50 bits per heavy atom. The lowest BCUT2D eigenvalue weighted by atomic mass is 10.2. The number of hydrogen-bond donors (Lipinski definition) is 1. The van der Waals surface area contributed by atoms with E-state index < -0.39 is 5.97 Å². The van der Waals surface area contributed by atoms with Crippen LogP contribution in [0.25, 0.3) is 10.1 Å². The van der Waals surface area contributed by atoms with Gasteiger partial charge in [-0.15, -0.1) is 11.3 Å². The first kappa shape index (κ1) is 9.61. The number of fused-ring (bicyclic) bond motifs is 1. The van der Waals surface area contributed by atoms with E-state index in [0.717, 1.165) is 4.70 Å². The normalized spacial score (nSPS) is 10.7. The number of halogens is 2. The highest BCUT2D eigenvalue weighted by Gasteiger charge is 2.12. The first-order chi connectivity index (χ1) is 6.59. The van der Waals surface area contributed by atoms with Crippen LogP contribution in [0.5, 0.6) is 0 Å². The molecule has 0 spiro atoms. The molecule has 0 aliphatic carbocycles. The number of thiophene rings is 1. The summed E-state index contributed by atoms with van der Waals surface area (Å²) in [6.45, 7) is 0. The average Bonchev–Trinajstić information content (AvgIpc) is 2.46. The van der Waals surface area contributed by atoms with Crippen molar-refractivity contribution < 1.29 is 14.3 Å². The van der Waals surface area contributed by atoms with Crippen molar-refractivity contribution in [1.29, 1.82) is 0 Å². The molecule has 2 aromatic rings. The summed E-state index contributed by atoms with van der Waals surface area (Å²) >= 11 is 4.38. The summed E-state index contributed by atoms with van der Waals surface area (Å²) in [5.74, 6) is -1.44. The fraction of sp³-hybridized carbons (Fsp3) is 0. The predicted molar refractivity (Wildman–Crippen MR) is 56.4 cm³/mol. The molecule has 72 valence electrons. The fourth-order valence-corrected chi connectivity index (χ4v) is 2.67. The summed E-state index contributed by atoms with van der Waals surface area (Å²) in [4.78, 5) is 10.7. The molecular formula is C9H4BrFO2S. The molecule has 2 rings (SSSR count). The van der Waals surface area contributed by atoms with Crippen LogP contribution >= 0.6 is 27.3 Å². The summed E-state index contributed by atoms with van der Waals surface area (Å²) in [6, 6.07) is 2.96. The summed E-state index contributed by atoms with van der Waals surface area (Å²) in [5.41, 5.74) is 0.0785. The third kappa shape index (κ3) is 1.42. The van der Waals surface area contributed by atoms with Crippen LogP contribution < -0.4 is 0 Å². The molecule has 0 unspecified atom stereocenters. The van der Waals surface area contributed by atoms with Gasteiger partial charge in [-0.05, 0) is 28.1 Å². The Bertz CT molecular complexity index is 521. The van der Waals surface area contributed by atoms with Crippen molar-refractivity contribution in [2.75, 3.05) is 0 Å². The van der Waals surface area contributed by atoms with Crippen molar-refractivity contribution in [3.8, 4) is 0 Å². The summed E-state index contributed by atoms with van der Waals surface area (Å²) < 4.78 is 14.3. The van der Waals surface area contributed by atoms with E-state index in [2.05, 4.69) is 15.9 Å². The lowest BCUT2D eigenvalue weighted by molar-refractivity contribution is 0.0696. The quantitative estimate of drug-likeness (QED) is 0.864. The van der Waals surface area contributed by atoms with Crippen molar-refractivity contribution in [3.63, 3.8) is 0 Å². The molecule has 0 saturated carbocycles. The van der Waals surface area contributed by atoms with Gasteiger partial charge < -0.3 is 5.11 Å². The average molecular weight is 275 g/mol. The van der Waals surface area contributed by atoms with E-state index in [0.29, 0.717) is 9.86 Å². The van der Waals surface area contributed by atoms with Gasteiger partial charge in [-0.2, -0.15) is 0 Å². The second-order valence-electron chi connectivity index (χ2n) is 2.72. The molecule has 0 aliphatic rings. The fourth-order valence-electron chi connectivity index (χ4n) is 1.18. The van der Waals surface area contributed by atoms with Gasteiger partial charge in [0.2, 0.25) is 0 Å². The van der Waals surface area contributed by atoms with E-state index in [9.17, 15) is 9.18 Å². The van der Waals surface area contributed by atoms with Gasteiger partial charge in [0.15, 0.2) is 0 Å². The zero-order valence-electron chi connectivity index (χ0n) is 6.75. The van der Waals surface area contributed by atoms with Gasteiger partial charge in [-0.3, -0.25) is 0 Å². The molecule has 0 fully saturated rings. The number of carboxylic acid groups (broad SMARTS) is 1. The first-order valence-electron chi connectivity index (χ1n) is 3.69. The van der Waals surface area contributed by atoms with Crippen LogP contribution in [0, 0.1) is 5.82 Å². The molecule has 1 heterocycles. The minimum Gasteiger partial charge on any atom is -0.478 e.